The Morgan fingerprint density at radius 2 is 1.59 bits per heavy atom. The highest BCUT2D eigenvalue weighted by atomic mass is 32.2. The van der Waals surface area contributed by atoms with Crippen molar-refractivity contribution in [1.82, 2.24) is 4.31 Å². The summed E-state index contributed by atoms with van der Waals surface area (Å²) in [6.45, 7) is 0.408. The molecular formula is C22H26N2O7S. The fraction of sp³-hybridized carbons (Fsp3) is 0.364. The van der Waals surface area contributed by atoms with Crippen molar-refractivity contribution in [2.45, 2.75) is 24.2 Å². The van der Waals surface area contributed by atoms with Crippen LogP contribution in [-0.2, 0) is 19.6 Å². The van der Waals surface area contributed by atoms with Crippen LogP contribution in [0.2, 0.25) is 0 Å². The third kappa shape index (κ3) is 5.38. The van der Waals surface area contributed by atoms with Crippen LogP contribution in [-0.4, -0.2) is 58.5 Å². The number of methoxy groups -OCH3 is 2. The first-order chi connectivity index (χ1) is 15.4. The van der Waals surface area contributed by atoms with Gasteiger partial charge in [-0.3, -0.25) is 4.79 Å². The molecule has 3 rings (SSSR count). The van der Waals surface area contributed by atoms with Crippen LogP contribution in [0.5, 0.6) is 11.5 Å². The molecule has 2 aromatic carbocycles. The van der Waals surface area contributed by atoms with Gasteiger partial charge in [0, 0.05) is 18.8 Å². The standard InChI is InChI=1S/C22H26N2O7S/c1-29-18-10-7-11-19(30-2)21(18)22(26)31-15-20(25)23-16-8-6-9-17(14-16)32(27,28)24-12-4-3-5-13-24/h6-11,14H,3-5,12-13,15H2,1-2H3,(H,23,25). The van der Waals surface area contributed by atoms with Crippen molar-refractivity contribution in [3.63, 3.8) is 0 Å². The molecule has 0 aliphatic carbocycles. The number of benzene rings is 2. The minimum absolute atomic E-state index is 0.0694. The highest BCUT2D eigenvalue weighted by Gasteiger charge is 2.26. The number of rotatable bonds is 8. The van der Waals surface area contributed by atoms with Gasteiger partial charge < -0.3 is 19.5 Å². The fourth-order valence-electron chi connectivity index (χ4n) is 3.44. The molecular weight excluding hydrogens is 436 g/mol. The first-order valence-corrected chi connectivity index (χ1v) is 11.6. The molecule has 1 fully saturated rings. The summed E-state index contributed by atoms with van der Waals surface area (Å²) >= 11 is 0. The molecule has 0 atom stereocenters. The lowest BCUT2D eigenvalue weighted by Gasteiger charge is -2.26. The number of nitrogens with one attached hydrogen (secondary N) is 1. The van der Waals surface area contributed by atoms with Gasteiger partial charge in [-0.15, -0.1) is 0 Å². The van der Waals surface area contributed by atoms with Crippen molar-refractivity contribution in [3.05, 3.63) is 48.0 Å². The van der Waals surface area contributed by atoms with Crippen LogP contribution in [0, 0.1) is 0 Å². The summed E-state index contributed by atoms with van der Waals surface area (Å²) in [5.74, 6) is -0.883. The highest BCUT2D eigenvalue weighted by Crippen LogP contribution is 2.29. The van der Waals surface area contributed by atoms with Crippen LogP contribution in [0.1, 0.15) is 29.6 Å². The normalized spacial score (nSPS) is 14.4. The third-order valence-electron chi connectivity index (χ3n) is 5.04. The molecule has 0 unspecified atom stereocenters. The van der Waals surface area contributed by atoms with Crippen LogP contribution < -0.4 is 14.8 Å². The lowest BCUT2D eigenvalue weighted by molar-refractivity contribution is -0.119. The zero-order valence-corrected chi connectivity index (χ0v) is 18.8. The number of sulfonamides is 1. The number of ether oxygens (including phenoxy) is 3. The van der Waals surface area contributed by atoms with Gasteiger partial charge in [0.25, 0.3) is 5.91 Å². The molecule has 0 aromatic heterocycles. The van der Waals surface area contributed by atoms with E-state index in [1.165, 1.54) is 30.7 Å². The zero-order valence-electron chi connectivity index (χ0n) is 18.0. The number of hydrogen-bond donors (Lipinski definition) is 1. The minimum atomic E-state index is -3.63. The molecule has 32 heavy (non-hydrogen) atoms. The van der Waals surface area contributed by atoms with Gasteiger partial charge >= 0.3 is 5.97 Å². The van der Waals surface area contributed by atoms with Gasteiger partial charge in [-0.05, 0) is 43.2 Å². The van der Waals surface area contributed by atoms with E-state index < -0.39 is 28.5 Å². The Morgan fingerprint density at radius 3 is 2.22 bits per heavy atom. The van der Waals surface area contributed by atoms with E-state index in [-0.39, 0.29) is 22.0 Å². The topological polar surface area (TPSA) is 111 Å². The summed E-state index contributed by atoms with van der Waals surface area (Å²) < 4.78 is 42.6. The molecule has 10 heteroatoms. The molecule has 1 amide bonds. The van der Waals surface area contributed by atoms with E-state index in [0.717, 1.165) is 19.3 Å². The van der Waals surface area contributed by atoms with E-state index >= 15 is 0 Å². The molecule has 9 nitrogen and oxygen atoms in total. The van der Waals surface area contributed by atoms with Crippen molar-refractivity contribution in [2.24, 2.45) is 0 Å². The molecule has 172 valence electrons. The van der Waals surface area contributed by atoms with Crippen molar-refractivity contribution in [1.29, 1.82) is 0 Å². The molecule has 0 radical (unpaired) electrons. The first kappa shape index (κ1) is 23.6. The summed E-state index contributed by atoms with van der Waals surface area (Å²) in [5, 5.41) is 2.56. The van der Waals surface area contributed by atoms with Gasteiger partial charge in [-0.25, -0.2) is 13.2 Å². The van der Waals surface area contributed by atoms with E-state index in [1.807, 2.05) is 0 Å². The van der Waals surface area contributed by atoms with Crippen LogP contribution in [0.15, 0.2) is 47.4 Å². The first-order valence-electron chi connectivity index (χ1n) is 10.1. The lowest BCUT2D eigenvalue weighted by Crippen LogP contribution is -2.35. The van der Waals surface area contributed by atoms with Gasteiger partial charge in [0.2, 0.25) is 10.0 Å². The van der Waals surface area contributed by atoms with E-state index in [9.17, 15) is 18.0 Å². The van der Waals surface area contributed by atoms with Crippen LogP contribution in [0.25, 0.3) is 0 Å². The molecule has 2 aromatic rings. The Bertz CT molecular complexity index is 1060. The van der Waals surface area contributed by atoms with Gasteiger partial charge in [0.1, 0.15) is 17.1 Å². The summed E-state index contributed by atoms with van der Waals surface area (Å²) in [4.78, 5) is 24.9. The maximum atomic E-state index is 12.8. The molecule has 1 N–H and O–H groups in total. The third-order valence-corrected chi connectivity index (χ3v) is 6.93. The summed E-state index contributed by atoms with van der Waals surface area (Å²) in [6.07, 6.45) is 2.68. The van der Waals surface area contributed by atoms with Gasteiger partial charge in [0.15, 0.2) is 6.61 Å². The number of carbonyl (C=O) groups is 2. The fourth-order valence-corrected chi connectivity index (χ4v) is 5.00. The number of hydrogen-bond acceptors (Lipinski definition) is 7. The number of piperidine rings is 1. The van der Waals surface area contributed by atoms with Crippen molar-refractivity contribution < 1.29 is 32.2 Å². The van der Waals surface area contributed by atoms with Crippen LogP contribution >= 0.6 is 0 Å². The van der Waals surface area contributed by atoms with Gasteiger partial charge in [-0.2, -0.15) is 4.31 Å². The Morgan fingerprint density at radius 1 is 0.969 bits per heavy atom. The predicted molar refractivity (Wildman–Crippen MR) is 118 cm³/mol. The number of nitrogens with zero attached hydrogens (tertiary/aromatic N) is 1. The molecule has 0 spiro atoms. The van der Waals surface area contributed by atoms with Gasteiger partial charge in [0.05, 0.1) is 19.1 Å². The predicted octanol–water partition coefficient (Wildman–Crippen LogP) is 2.67. The number of carbonyl (C=O) groups excluding carboxylic acids is 2. The number of esters is 1. The Balaban J connectivity index is 1.65. The van der Waals surface area contributed by atoms with Crippen LogP contribution in [0.3, 0.4) is 0 Å². The smallest absolute Gasteiger partial charge is 0.346 e. The van der Waals surface area contributed by atoms with E-state index in [1.54, 1.807) is 30.3 Å². The van der Waals surface area contributed by atoms with E-state index in [4.69, 9.17) is 14.2 Å². The summed E-state index contributed by atoms with van der Waals surface area (Å²) in [6, 6.07) is 10.8. The second-order valence-electron chi connectivity index (χ2n) is 7.15. The molecule has 0 bridgehead atoms. The maximum Gasteiger partial charge on any atom is 0.346 e. The van der Waals surface area contributed by atoms with Crippen LogP contribution in [0.4, 0.5) is 5.69 Å². The molecule has 1 saturated heterocycles. The molecule has 1 heterocycles. The van der Waals surface area contributed by atoms with Crippen molar-refractivity contribution >= 4 is 27.6 Å². The molecule has 1 aliphatic heterocycles. The zero-order chi connectivity index (χ0) is 23.1. The number of anilines is 1. The molecule has 0 saturated carbocycles. The second-order valence-corrected chi connectivity index (χ2v) is 9.09. The van der Waals surface area contributed by atoms with E-state index in [0.29, 0.717) is 18.8 Å². The minimum Gasteiger partial charge on any atom is -0.496 e. The average Bonchev–Trinajstić information content (AvgIpc) is 2.82. The number of amides is 1. The Hall–Kier alpha value is -3.11. The van der Waals surface area contributed by atoms with Crippen molar-refractivity contribution in [3.8, 4) is 11.5 Å². The SMILES string of the molecule is COc1cccc(OC)c1C(=O)OCC(=O)Nc1cccc(S(=O)(=O)N2CCCCC2)c1. The lowest BCUT2D eigenvalue weighted by atomic mass is 10.2. The monoisotopic (exact) mass is 462 g/mol. The quantitative estimate of drug-likeness (QED) is 0.601. The average molecular weight is 463 g/mol. The molecule has 1 aliphatic rings. The van der Waals surface area contributed by atoms with Gasteiger partial charge in [-0.1, -0.05) is 18.6 Å². The summed E-state index contributed by atoms with van der Waals surface area (Å²) in [5.41, 5.74) is 0.360. The Kier molecular flexibility index (Phi) is 7.70. The Labute approximate surface area is 187 Å². The maximum absolute atomic E-state index is 12.8. The van der Waals surface area contributed by atoms with Crippen molar-refractivity contribution in [2.75, 3.05) is 39.2 Å². The highest BCUT2D eigenvalue weighted by molar-refractivity contribution is 7.89. The second kappa shape index (κ2) is 10.5. The largest absolute Gasteiger partial charge is 0.496 e. The summed E-state index contributed by atoms with van der Waals surface area (Å²) in [7, 11) is -0.817. The van der Waals surface area contributed by atoms with E-state index in [2.05, 4.69) is 5.32 Å².